The molecule has 162 valence electrons. The number of hydrogen-bond acceptors (Lipinski definition) is 0. The Morgan fingerprint density at radius 2 is 1.53 bits per heavy atom. The molecule has 0 N–H and O–H groups in total. The third-order valence-electron chi connectivity index (χ3n) is 4.89. The van der Waals surface area contributed by atoms with Crippen LogP contribution in [0.3, 0.4) is 0 Å². The minimum absolute atomic E-state index is 0. The van der Waals surface area contributed by atoms with Crippen LogP contribution in [0.2, 0.25) is 0 Å². The molecule has 0 spiro atoms. The zero-order valence-corrected chi connectivity index (χ0v) is 23.1. The van der Waals surface area contributed by atoms with Crippen molar-refractivity contribution in [2.75, 3.05) is 0 Å². The number of allylic oxidation sites excluding steroid dienone is 1. The normalized spacial score (nSPS) is 9.81. The maximum atomic E-state index is 3.73. The van der Waals surface area contributed by atoms with Gasteiger partial charge in [0.25, 0.3) is 0 Å². The molecule has 1 aliphatic rings. The molecule has 0 amide bonds. The predicted molar refractivity (Wildman–Crippen MR) is 126 cm³/mol. The fourth-order valence-corrected chi connectivity index (χ4v) is 4.47. The molecule has 0 saturated carbocycles. The third kappa shape index (κ3) is 8.54. The fourth-order valence-electron chi connectivity index (χ4n) is 3.35. The Morgan fingerprint density at radius 3 is 2.19 bits per heavy atom. The quantitative estimate of drug-likeness (QED) is 0.160. The third-order valence-corrected chi connectivity index (χ3v) is 6.83. The van der Waals surface area contributed by atoms with Gasteiger partial charge in [-0.25, -0.2) is 12.1 Å². The first-order valence-electron chi connectivity index (χ1n) is 10.3. The molecule has 0 unspecified atom stereocenters. The Bertz CT molecular complexity index is 993. The van der Waals surface area contributed by atoms with Crippen molar-refractivity contribution < 1.29 is 48.7 Å². The molecular weight excluding hydrogens is 598 g/mol. The van der Waals surface area contributed by atoms with Crippen LogP contribution in [0.25, 0.3) is 11.1 Å². The zero-order chi connectivity index (χ0) is 21.0. The summed E-state index contributed by atoms with van der Waals surface area (Å²) in [6.07, 6.45) is 5.32. The van der Waals surface area contributed by atoms with Crippen LogP contribution in [0, 0.1) is 6.07 Å². The Hall–Kier alpha value is -1.93. The Labute approximate surface area is 219 Å². The molecule has 4 aromatic carbocycles. The number of halogens is 2. The summed E-state index contributed by atoms with van der Waals surface area (Å²) in [5.41, 5.74) is 6.92. The summed E-state index contributed by atoms with van der Waals surface area (Å²) in [5.74, 6) is 0. The summed E-state index contributed by atoms with van der Waals surface area (Å²) < 4.78 is 1.58. The standard InChI is InChI=1S/C13H9.C11H12.C5H5.2ClH.Hf/c1-3-7-12-10(5-1)9-11-6-2-4-8-13(11)12;1-2-3-5-8-11-9-6-4-7-10-11;1-2-4-5-3-1;;;/h1-5,7-8H,9H2;2,4,6-7,9-10H,1,3,5H2;1-5H;2*1H;/q-1;;-1;;;+2/p-2. The van der Waals surface area contributed by atoms with Crippen molar-refractivity contribution >= 4 is 3.26 Å². The van der Waals surface area contributed by atoms with Gasteiger partial charge in [-0.15, -0.1) is 5.56 Å². The zero-order valence-electron chi connectivity index (χ0n) is 18.0. The molecule has 0 bridgehead atoms. The van der Waals surface area contributed by atoms with E-state index in [0.717, 1.165) is 36.7 Å². The largest absolute Gasteiger partial charge is 1.00 e. The molecule has 5 rings (SSSR count). The summed E-state index contributed by atoms with van der Waals surface area (Å²) in [6, 6.07) is 38.7. The molecule has 0 aliphatic heterocycles. The second-order valence-corrected chi connectivity index (χ2v) is 9.20. The number of hydrogen-bond donors (Lipinski definition) is 0. The predicted octanol–water partition coefficient (Wildman–Crippen LogP) is 1.19. The van der Waals surface area contributed by atoms with E-state index in [1.54, 1.807) is 3.26 Å². The SMILES string of the molecule is C=CCC[C](=[Hf+2])c1ccccc1.[Cl-].[Cl-].[c-]1cccc2c1Cc1ccccc1-2.c1cc[cH-]c1. The van der Waals surface area contributed by atoms with Crippen LogP contribution in [0.4, 0.5) is 0 Å². The second kappa shape index (κ2) is 15.8. The Kier molecular flexibility index (Phi) is 13.9. The molecule has 4 aromatic rings. The fraction of sp³-hybridized carbons (Fsp3) is 0.103. The van der Waals surface area contributed by atoms with Gasteiger partial charge in [-0.05, 0) is 6.42 Å². The van der Waals surface area contributed by atoms with E-state index in [4.69, 9.17) is 0 Å². The molecule has 0 fully saturated rings. The first kappa shape index (κ1) is 28.1. The van der Waals surface area contributed by atoms with Gasteiger partial charge in [0.15, 0.2) is 0 Å². The van der Waals surface area contributed by atoms with Gasteiger partial charge in [-0.2, -0.15) is 48.0 Å². The summed E-state index contributed by atoms with van der Waals surface area (Å²) in [5, 5.41) is 0. The summed E-state index contributed by atoms with van der Waals surface area (Å²) in [7, 11) is 0. The van der Waals surface area contributed by atoms with Crippen molar-refractivity contribution in [3.8, 4) is 11.1 Å². The Morgan fingerprint density at radius 1 is 0.875 bits per heavy atom. The maximum absolute atomic E-state index is 3.73. The van der Waals surface area contributed by atoms with Crippen molar-refractivity contribution in [2.24, 2.45) is 0 Å². The molecule has 0 radical (unpaired) electrons. The van der Waals surface area contributed by atoms with Crippen LogP contribution < -0.4 is 24.8 Å². The van der Waals surface area contributed by atoms with Gasteiger partial charge in [0.1, 0.15) is 0 Å². The van der Waals surface area contributed by atoms with Gasteiger partial charge >= 0.3 is 88.5 Å². The molecule has 0 aromatic heterocycles. The molecular formula is C29H26Cl2Hf-2. The van der Waals surface area contributed by atoms with Crippen LogP contribution in [-0.4, -0.2) is 3.26 Å². The monoisotopic (exact) mass is 624 g/mol. The van der Waals surface area contributed by atoms with E-state index in [1.807, 2.05) is 42.5 Å². The van der Waals surface area contributed by atoms with Crippen LogP contribution in [0.5, 0.6) is 0 Å². The van der Waals surface area contributed by atoms with E-state index < -0.39 is 0 Å². The van der Waals surface area contributed by atoms with Gasteiger partial charge in [-0.3, -0.25) is 0 Å². The minimum Gasteiger partial charge on any atom is -1.00 e. The first-order valence-corrected chi connectivity index (χ1v) is 12.1. The van der Waals surface area contributed by atoms with E-state index in [9.17, 15) is 0 Å². The van der Waals surface area contributed by atoms with E-state index in [0.29, 0.717) is 0 Å². The van der Waals surface area contributed by atoms with E-state index in [-0.39, 0.29) is 24.8 Å². The van der Waals surface area contributed by atoms with E-state index >= 15 is 0 Å². The van der Waals surface area contributed by atoms with E-state index in [2.05, 4.69) is 79.4 Å². The van der Waals surface area contributed by atoms with Gasteiger partial charge in [0, 0.05) is 0 Å². The number of fused-ring (bicyclic) bond motifs is 3. The maximum Gasteiger partial charge on any atom is -0.0253 e. The number of benzene rings is 3. The second-order valence-electron chi connectivity index (χ2n) is 7.03. The average Bonchev–Trinajstić information content (AvgIpc) is 3.50. The smallest absolute Gasteiger partial charge is 0.0253 e. The average molecular weight is 624 g/mol. The molecule has 32 heavy (non-hydrogen) atoms. The Balaban J connectivity index is 0.000000252. The van der Waals surface area contributed by atoms with Gasteiger partial charge < -0.3 is 24.8 Å². The molecule has 3 heteroatoms. The molecule has 0 atom stereocenters. The van der Waals surface area contributed by atoms with Gasteiger partial charge in [-0.1, -0.05) is 35.4 Å². The number of rotatable bonds is 4. The van der Waals surface area contributed by atoms with Crippen molar-refractivity contribution in [3.05, 3.63) is 139 Å². The van der Waals surface area contributed by atoms with Gasteiger partial charge in [0.2, 0.25) is 0 Å². The van der Waals surface area contributed by atoms with Crippen LogP contribution in [0.15, 0.2) is 116 Å². The van der Waals surface area contributed by atoms with Crippen molar-refractivity contribution in [1.29, 1.82) is 0 Å². The molecule has 1 aliphatic carbocycles. The minimum atomic E-state index is 0. The molecule has 0 nitrogen and oxygen atoms in total. The van der Waals surface area contributed by atoms with Gasteiger partial charge in [0.05, 0.1) is 0 Å². The topological polar surface area (TPSA) is 0 Å². The molecule has 0 heterocycles. The molecule has 0 saturated heterocycles. The summed E-state index contributed by atoms with van der Waals surface area (Å²) in [6.45, 7) is 3.73. The van der Waals surface area contributed by atoms with Crippen LogP contribution >= 0.6 is 0 Å². The first-order chi connectivity index (χ1) is 14.8. The summed E-state index contributed by atoms with van der Waals surface area (Å²) >= 11 is 1.16. The van der Waals surface area contributed by atoms with Crippen molar-refractivity contribution in [1.82, 2.24) is 0 Å². The van der Waals surface area contributed by atoms with E-state index in [1.165, 1.54) is 34.2 Å². The van der Waals surface area contributed by atoms with Crippen LogP contribution in [0.1, 0.15) is 29.5 Å². The van der Waals surface area contributed by atoms with Crippen molar-refractivity contribution in [2.45, 2.75) is 19.3 Å². The van der Waals surface area contributed by atoms with Crippen molar-refractivity contribution in [3.63, 3.8) is 0 Å². The summed E-state index contributed by atoms with van der Waals surface area (Å²) in [4.78, 5) is 0. The van der Waals surface area contributed by atoms with Crippen LogP contribution in [-0.2, 0) is 30.3 Å².